The number of benzene rings is 1. The summed E-state index contributed by atoms with van der Waals surface area (Å²) in [5.41, 5.74) is 6.61. The van der Waals surface area contributed by atoms with Crippen LogP contribution in [0.5, 0.6) is 0 Å². The topological polar surface area (TPSA) is 78.7 Å². The van der Waals surface area contributed by atoms with Crippen LogP contribution < -0.4 is 16.0 Å². The maximum Gasteiger partial charge on any atom is 0.321 e. The molecule has 134 valence electrons. The molecular formula is C16H24Cl2N4O2. The highest BCUT2D eigenvalue weighted by Crippen LogP contribution is 2.26. The number of amides is 3. The third-order valence-corrected chi connectivity index (χ3v) is 4.24. The summed E-state index contributed by atoms with van der Waals surface area (Å²) in [7, 11) is 1.73. The summed E-state index contributed by atoms with van der Waals surface area (Å²) < 4.78 is 0. The molecule has 0 unspecified atom stereocenters. The van der Waals surface area contributed by atoms with Gasteiger partial charge in [0.25, 0.3) is 5.91 Å². The molecular weight excluding hydrogens is 351 g/mol. The van der Waals surface area contributed by atoms with E-state index in [0.29, 0.717) is 42.5 Å². The van der Waals surface area contributed by atoms with Crippen molar-refractivity contribution in [3.8, 4) is 0 Å². The van der Waals surface area contributed by atoms with Gasteiger partial charge in [0.2, 0.25) is 0 Å². The average molecular weight is 375 g/mol. The molecule has 0 saturated carbocycles. The summed E-state index contributed by atoms with van der Waals surface area (Å²) in [5, 5.41) is 3.11. The molecule has 24 heavy (non-hydrogen) atoms. The zero-order valence-corrected chi connectivity index (χ0v) is 15.7. The fraction of sp³-hybridized carbons (Fsp3) is 0.500. The van der Waals surface area contributed by atoms with Gasteiger partial charge in [-0.2, -0.15) is 0 Å². The lowest BCUT2D eigenvalue weighted by atomic mass is 9.93. The van der Waals surface area contributed by atoms with Gasteiger partial charge < -0.3 is 16.0 Å². The van der Waals surface area contributed by atoms with E-state index in [1.807, 2.05) is 13.8 Å². The predicted molar refractivity (Wildman–Crippen MR) is 99.2 cm³/mol. The molecule has 0 atom stereocenters. The molecule has 1 aliphatic heterocycles. The summed E-state index contributed by atoms with van der Waals surface area (Å²) in [6, 6.07) is 4.90. The van der Waals surface area contributed by atoms with Gasteiger partial charge in [-0.1, -0.05) is 25.4 Å². The first-order valence-corrected chi connectivity index (χ1v) is 7.93. The van der Waals surface area contributed by atoms with Gasteiger partial charge in [0.05, 0.1) is 10.6 Å². The van der Waals surface area contributed by atoms with Gasteiger partial charge in [-0.3, -0.25) is 9.69 Å². The normalized spacial score (nSPS) is 14.2. The largest absolute Gasteiger partial charge is 0.341 e. The minimum absolute atomic E-state index is 0. The Morgan fingerprint density at radius 3 is 2.67 bits per heavy atom. The van der Waals surface area contributed by atoms with E-state index in [1.165, 1.54) is 0 Å². The number of halogens is 2. The minimum atomic E-state index is -0.182. The van der Waals surface area contributed by atoms with E-state index in [-0.39, 0.29) is 29.8 Å². The molecule has 8 heteroatoms. The Labute approximate surface area is 153 Å². The van der Waals surface area contributed by atoms with Crippen molar-refractivity contribution in [2.45, 2.75) is 13.8 Å². The van der Waals surface area contributed by atoms with Crippen LogP contribution >= 0.6 is 24.0 Å². The van der Waals surface area contributed by atoms with E-state index >= 15 is 0 Å². The van der Waals surface area contributed by atoms with Gasteiger partial charge in [0, 0.05) is 32.4 Å². The summed E-state index contributed by atoms with van der Waals surface area (Å²) >= 11 is 6.19. The lowest BCUT2D eigenvalue weighted by Gasteiger charge is -2.29. The van der Waals surface area contributed by atoms with Crippen LogP contribution in [0, 0.1) is 5.41 Å². The predicted octanol–water partition coefficient (Wildman–Crippen LogP) is 2.35. The zero-order valence-electron chi connectivity index (χ0n) is 14.1. The number of nitrogens with zero attached hydrogens (tertiary/aromatic N) is 2. The van der Waals surface area contributed by atoms with Crippen molar-refractivity contribution in [2.24, 2.45) is 11.1 Å². The first-order chi connectivity index (χ1) is 10.7. The van der Waals surface area contributed by atoms with Crippen LogP contribution in [0.4, 0.5) is 10.5 Å². The maximum absolute atomic E-state index is 12.7. The van der Waals surface area contributed by atoms with E-state index in [4.69, 9.17) is 17.3 Å². The van der Waals surface area contributed by atoms with Gasteiger partial charge in [-0.05, 0) is 30.2 Å². The van der Waals surface area contributed by atoms with E-state index < -0.39 is 0 Å². The number of carbonyl (C=O) groups is 2. The average Bonchev–Trinajstić information content (AvgIpc) is 2.93. The summed E-state index contributed by atoms with van der Waals surface area (Å²) in [5.74, 6) is -0.182. The Bertz CT molecular complexity index is 622. The second-order valence-electron chi connectivity index (χ2n) is 6.58. The van der Waals surface area contributed by atoms with Crippen LogP contribution in [0.2, 0.25) is 5.02 Å². The van der Waals surface area contributed by atoms with Gasteiger partial charge >= 0.3 is 6.03 Å². The van der Waals surface area contributed by atoms with Crippen molar-refractivity contribution in [1.29, 1.82) is 0 Å². The molecule has 0 aliphatic carbocycles. The van der Waals surface area contributed by atoms with Crippen molar-refractivity contribution in [1.82, 2.24) is 10.2 Å². The molecule has 1 heterocycles. The molecule has 6 nitrogen and oxygen atoms in total. The van der Waals surface area contributed by atoms with Crippen LogP contribution in [0.3, 0.4) is 0 Å². The standard InChI is InChI=1S/C16H23ClN4O2.ClH/c1-16(2,9-18)10-20(3)14(22)12-8-11(4-5-13(12)17)21-7-6-19-15(21)23;/h4-5,8H,6-7,9-10,18H2,1-3H3,(H,19,23);1H. The molecule has 2 rings (SSSR count). The molecule has 1 fully saturated rings. The van der Waals surface area contributed by atoms with Crippen molar-refractivity contribution < 1.29 is 9.59 Å². The minimum Gasteiger partial charge on any atom is -0.341 e. The number of hydrogen-bond acceptors (Lipinski definition) is 3. The second-order valence-corrected chi connectivity index (χ2v) is 6.98. The van der Waals surface area contributed by atoms with Crippen LogP contribution in [0.25, 0.3) is 0 Å². The SMILES string of the molecule is CN(CC(C)(C)CN)C(=O)c1cc(N2CCNC2=O)ccc1Cl.Cl. The van der Waals surface area contributed by atoms with E-state index in [1.54, 1.807) is 35.0 Å². The number of hydrogen-bond donors (Lipinski definition) is 2. The first kappa shape index (κ1) is 20.5. The summed E-state index contributed by atoms with van der Waals surface area (Å²) in [6.45, 7) is 6.17. The van der Waals surface area contributed by atoms with Crippen molar-refractivity contribution in [2.75, 3.05) is 38.1 Å². The van der Waals surface area contributed by atoms with Gasteiger partial charge in [0.1, 0.15) is 0 Å². The Kier molecular flexibility index (Phi) is 6.89. The van der Waals surface area contributed by atoms with E-state index in [9.17, 15) is 9.59 Å². The van der Waals surface area contributed by atoms with Crippen LogP contribution in [-0.2, 0) is 0 Å². The highest BCUT2D eigenvalue weighted by molar-refractivity contribution is 6.34. The monoisotopic (exact) mass is 374 g/mol. The summed E-state index contributed by atoms with van der Waals surface area (Å²) in [4.78, 5) is 27.7. The van der Waals surface area contributed by atoms with Crippen molar-refractivity contribution >= 4 is 41.6 Å². The lowest BCUT2D eigenvalue weighted by Crippen LogP contribution is -2.40. The fourth-order valence-electron chi connectivity index (χ4n) is 2.55. The Balaban J connectivity index is 0.00000288. The Morgan fingerprint density at radius 1 is 1.46 bits per heavy atom. The molecule has 1 aromatic rings. The quantitative estimate of drug-likeness (QED) is 0.829. The number of rotatable bonds is 5. The molecule has 3 N–H and O–H groups in total. The van der Waals surface area contributed by atoms with E-state index in [0.717, 1.165) is 0 Å². The third kappa shape index (κ3) is 4.53. The number of nitrogens with one attached hydrogen (secondary N) is 1. The van der Waals surface area contributed by atoms with Crippen molar-refractivity contribution in [3.63, 3.8) is 0 Å². The number of anilines is 1. The Hall–Kier alpha value is -1.50. The second kappa shape index (κ2) is 8.05. The number of nitrogens with two attached hydrogens (primary N) is 1. The first-order valence-electron chi connectivity index (χ1n) is 7.55. The highest BCUT2D eigenvalue weighted by Gasteiger charge is 2.26. The van der Waals surface area contributed by atoms with Crippen LogP contribution in [0.15, 0.2) is 18.2 Å². The lowest BCUT2D eigenvalue weighted by molar-refractivity contribution is 0.0740. The van der Waals surface area contributed by atoms with Gasteiger partial charge in [-0.15, -0.1) is 12.4 Å². The van der Waals surface area contributed by atoms with Gasteiger partial charge in [0.15, 0.2) is 0 Å². The molecule has 3 amide bonds. The molecule has 0 radical (unpaired) electrons. The molecule has 1 aromatic carbocycles. The fourth-order valence-corrected chi connectivity index (χ4v) is 2.75. The zero-order chi connectivity index (χ0) is 17.2. The van der Waals surface area contributed by atoms with Crippen LogP contribution in [0.1, 0.15) is 24.2 Å². The maximum atomic E-state index is 12.7. The van der Waals surface area contributed by atoms with Gasteiger partial charge in [-0.25, -0.2) is 4.79 Å². The molecule has 1 saturated heterocycles. The smallest absolute Gasteiger partial charge is 0.321 e. The third-order valence-electron chi connectivity index (χ3n) is 3.91. The number of urea groups is 1. The molecule has 0 spiro atoms. The molecule has 1 aliphatic rings. The van der Waals surface area contributed by atoms with Crippen LogP contribution in [-0.4, -0.2) is 50.1 Å². The number of carbonyl (C=O) groups excluding carboxylic acids is 2. The molecule has 0 aromatic heterocycles. The Morgan fingerprint density at radius 2 is 2.12 bits per heavy atom. The highest BCUT2D eigenvalue weighted by atomic mass is 35.5. The van der Waals surface area contributed by atoms with E-state index in [2.05, 4.69) is 5.32 Å². The van der Waals surface area contributed by atoms with Crippen molar-refractivity contribution in [3.05, 3.63) is 28.8 Å². The molecule has 0 bridgehead atoms. The summed E-state index contributed by atoms with van der Waals surface area (Å²) in [6.07, 6.45) is 0.